The average Bonchev–Trinajstić information content (AvgIpc) is 2.46. The minimum absolute atomic E-state index is 0.517. The number of nitrogens with one attached hydrogen (secondary N) is 1. The van der Waals surface area contributed by atoms with Crippen molar-refractivity contribution in [2.75, 3.05) is 19.5 Å². The lowest BCUT2D eigenvalue weighted by Crippen LogP contribution is -1.98. The Labute approximate surface area is 107 Å². The van der Waals surface area contributed by atoms with E-state index in [4.69, 9.17) is 9.47 Å². The zero-order valence-electron chi connectivity index (χ0n) is 10.5. The molecule has 0 saturated heterocycles. The maximum Gasteiger partial charge on any atom is 0.126 e. The number of nitrogens with zero attached hydrogens (tertiary/aromatic N) is 1. The van der Waals surface area contributed by atoms with E-state index in [-0.39, 0.29) is 0 Å². The van der Waals surface area contributed by atoms with Gasteiger partial charge in [-0.1, -0.05) is 0 Å². The van der Waals surface area contributed by atoms with Gasteiger partial charge in [-0.25, -0.2) is 4.98 Å². The lowest BCUT2D eigenvalue weighted by molar-refractivity contribution is 0.305. The van der Waals surface area contributed by atoms with Gasteiger partial charge in [0, 0.05) is 13.2 Å². The Morgan fingerprint density at radius 3 is 2.50 bits per heavy atom. The second-order valence-electron chi connectivity index (χ2n) is 3.76. The molecule has 0 saturated carbocycles. The average molecular weight is 244 g/mol. The van der Waals surface area contributed by atoms with Crippen LogP contribution in [0.2, 0.25) is 0 Å². The molecule has 4 heteroatoms. The lowest BCUT2D eigenvalue weighted by atomic mass is 10.2. The van der Waals surface area contributed by atoms with Crippen LogP contribution in [0.3, 0.4) is 0 Å². The smallest absolute Gasteiger partial charge is 0.126 e. The fraction of sp³-hybridized carbons (Fsp3) is 0.214. The molecule has 0 radical (unpaired) electrons. The van der Waals surface area contributed by atoms with Gasteiger partial charge >= 0.3 is 0 Å². The van der Waals surface area contributed by atoms with Crippen LogP contribution < -0.4 is 14.8 Å². The monoisotopic (exact) mass is 244 g/mol. The fourth-order valence-electron chi connectivity index (χ4n) is 1.54. The summed E-state index contributed by atoms with van der Waals surface area (Å²) < 4.78 is 10.8. The SMILES string of the molecule is CNc1cc(COc2ccc(OC)cc2)ccn1. The van der Waals surface area contributed by atoms with Gasteiger partial charge in [0.25, 0.3) is 0 Å². The Morgan fingerprint density at radius 2 is 1.83 bits per heavy atom. The quantitative estimate of drug-likeness (QED) is 0.878. The first-order chi connectivity index (χ1) is 8.81. The summed E-state index contributed by atoms with van der Waals surface area (Å²) in [5.74, 6) is 2.48. The standard InChI is InChI=1S/C14H16N2O2/c1-15-14-9-11(7-8-16-14)10-18-13-5-3-12(17-2)4-6-13/h3-9H,10H2,1-2H3,(H,15,16). The number of benzene rings is 1. The summed E-state index contributed by atoms with van der Waals surface area (Å²) in [7, 11) is 3.49. The van der Waals surface area contributed by atoms with Gasteiger partial charge in [-0.3, -0.25) is 0 Å². The minimum Gasteiger partial charge on any atom is -0.497 e. The molecule has 0 aliphatic rings. The normalized spacial score (nSPS) is 9.89. The Kier molecular flexibility index (Phi) is 4.02. The van der Waals surface area contributed by atoms with Crippen molar-refractivity contribution in [3.8, 4) is 11.5 Å². The van der Waals surface area contributed by atoms with Gasteiger partial charge in [0.15, 0.2) is 0 Å². The fourth-order valence-corrected chi connectivity index (χ4v) is 1.54. The molecule has 1 heterocycles. The van der Waals surface area contributed by atoms with E-state index in [0.717, 1.165) is 22.9 Å². The minimum atomic E-state index is 0.517. The van der Waals surface area contributed by atoms with Gasteiger partial charge in [-0.05, 0) is 42.0 Å². The maximum atomic E-state index is 5.68. The molecule has 0 amide bonds. The Bertz CT molecular complexity index is 497. The zero-order chi connectivity index (χ0) is 12.8. The number of hydrogen-bond acceptors (Lipinski definition) is 4. The highest BCUT2D eigenvalue weighted by atomic mass is 16.5. The molecule has 2 aromatic rings. The molecule has 4 nitrogen and oxygen atoms in total. The number of anilines is 1. The molecule has 18 heavy (non-hydrogen) atoms. The highest BCUT2D eigenvalue weighted by Gasteiger charge is 1.98. The van der Waals surface area contributed by atoms with Crippen LogP contribution in [0.5, 0.6) is 11.5 Å². The number of rotatable bonds is 5. The molecule has 0 unspecified atom stereocenters. The molecule has 1 aromatic carbocycles. The van der Waals surface area contributed by atoms with E-state index in [2.05, 4.69) is 10.3 Å². The van der Waals surface area contributed by atoms with E-state index >= 15 is 0 Å². The van der Waals surface area contributed by atoms with E-state index in [0.29, 0.717) is 6.61 Å². The second kappa shape index (κ2) is 5.91. The molecule has 1 aromatic heterocycles. The molecular formula is C14H16N2O2. The third-order valence-corrected chi connectivity index (χ3v) is 2.55. The van der Waals surface area contributed by atoms with E-state index in [1.807, 2.05) is 43.4 Å². The lowest BCUT2D eigenvalue weighted by Gasteiger charge is -2.08. The van der Waals surface area contributed by atoms with Gasteiger partial charge in [-0.2, -0.15) is 0 Å². The van der Waals surface area contributed by atoms with Crippen LogP contribution in [-0.4, -0.2) is 19.1 Å². The van der Waals surface area contributed by atoms with Crippen molar-refractivity contribution < 1.29 is 9.47 Å². The molecule has 1 N–H and O–H groups in total. The first-order valence-corrected chi connectivity index (χ1v) is 5.71. The second-order valence-corrected chi connectivity index (χ2v) is 3.76. The van der Waals surface area contributed by atoms with Gasteiger partial charge in [0.05, 0.1) is 7.11 Å². The molecule has 0 spiro atoms. The van der Waals surface area contributed by atoms with Crippen LogP contribution in [0.1, 0.15) is 5.56 Å². The number of pyridine rings is 1. The molecule has 0 aliphatic carbocycles. The summed E-state index contributed by atoms with van der Waals surface area (Å²) in [6.45, 7) is 0.517. The van der Waals surface area contributed by atoms with Crippen molar-refractivity contribution in [1.29, 1.82) is 0 Å². The van der Waals surface area contributed by atoms with E-state index < -0.39 is 0 Å². The van der Waals surface area contributed by atoms with Crippen LogP contribution in [0.25, 0.3) is 0 Å². The summed E-state index contributed by atoms with van der Waals surface area (Å²) in [5, 5.41) is 3.00. The van der Waals surface area contributed by atoms with Crippen molar-refractivity contribution in [2.45, 2.75) is 6.61 Å². The molecule has 0 aliphatic heterocycles. The van der Waals surface area contributed by atoms with Gasteiger partial charge in [-0.15, -0.1) is 0 Å². The summed E-state index contributed by atoms with van der Waals surface area (Å²) in [6.07, 6.45) is 1.76. The summed E-state index contributed by atoms with van der Waals surface area (Å²) in [4.78, 5) is 4.15. The Balaban J connectivity index is 1.97. The molecular weight excluding hydrogens is 228 g/mol. The number of methoxy groups -OCH3 is 1. The first kappa shape index (κ1) is 12.2. The van der Waals surface area contributed by atoms with Gasteiger partial charge in [0.1, 0.15) is 23.9 Å². The van der Waals surface area contributed by atoms with Crippen molar-refractivity contribution >= 4 is 5.82 Å². The highest BCUT2D eigenvalue weighted by Crippen LogP contribution is 2.18. The molecule has 0 fully saturated rings. The van der Waals surface area contributed by atoms with Crippen molar-refractivity contribution in [3.05, 3.63) is 48.2 Å². The molecule has 94 valence electrons. The summed E-state index contributed by atoms with van der Waals surface area (Å²) in [6, 6.07) is 11.4. The van der Waals surface area contributed by atoms with Crippen LogP contribution >= 0.6 is 0 Å². The van der Waals surface area contributed by atoms with Crippen molar-refractivity contribution in [1.82, 2.24) is 4.98 Å². The third-order valence-electron chi connectivity index (χ3n) is 2.55. The molecule has 0 bridgehead atoms. The number of aromatic nitrogens is 1. The summed E-state index contributed by atoms with van der Waals surface area (Å²) >= 11 is 0. The predicted octanol–water partition coefficient (Wildman–Crippen LogP) is 2.71. The molecule has 2 rings (SSSR count). The van der Waals surface area contributed by atoms with Crippen molar-refractivity contribution in [2.24, 2.45) is 0 Å². The summed E-state index contributed by atoms with van der Waals surface area (Å²) in [5.41, 5.74) is 1.07. The van der Waals surface area contributed by atoms with Crippen LogP contribution in [0.4, 0.5) is 5.82 Å². The zero-order valence-corrected chi connectivity index (χ0v) is 10.5. The van der Waals surface area contributed by atoms with Crippen molar-refractivity contribution in [3.63, 3.8) is 0 Å². The topological polar surface area (TPSA) is 43.4 Å². The first-order valence-electron chi connectivity index (χ1n) is 5.71. The van der Waals surface area contributed by atoms with Crippen LogP contribution in [0, 0.1) is 0 Å². The largest absolute Gasteiger partial charge is 0.497 e. The van der Waals surface area contributed by atoms with E-state index in [1.165, 1.54) is 0 Å². The van der Waals surface area contributed by atoms with Crippen LogP contribution in [0.15, 0.2) is 42.6 Å². The number of hydrogen-bond donors (Lipinski definition) is 1. The van der Waals surface area contributed by atoms with Gasteiger partial charge in [0.2, 0.25) is 0 Å². The third kappa shape index (κ3) is 3.13. The Morgan fingerprint density at radius 1 is 1.11 bits per heavy atom. The van der Waals surface area contributed by atoms with E-state index in [9.17, 15) is 0 Å². The van der Waals surface area contributed by atoms with E-state index in [1.54, 1.807) is 13.3 Å². The Hall–Kier alpha value is -2.23. The predicted molar refractivity (Wildman–Crippen MR) is 71.1 cm³/mol. The molecule has 0 atom stereocenters. The van der Waals surface area contributed by atoms with Crippen LogP contribution in [-0.2, 0) is 6.61 Å². The highest BCUT2D eigenvalue weighted by molar-refractivity contribution is 5.37. The maximum absolute atomic E-state index is 5.68. The van der Waals surface area contributed by atoms with Gasteiger partial charge < -0.3 is 14.8 Å². The number of ether oxygens (including phenoxy) is 2.